The van der Waals surface area contributed by atoms with Gasteiger partial charge >= 0.3 is 0 Å². The molecule has 1 saturated carbocycles. The molecule has 0 atom stereocenters. The molecule has 1 fully saturated rings. The van der Waals surface area contributed by atoms with Gasteiger partial charge in [0, 0.05) is 16.6 Å². The van der Waals surface area contributed by atoms with E-state index in [2.05, 4.69) is 10.6 Å². The van der Waals surface area contributed by atoms with E-state index < -0.39 is 0 Å². The Labute approximate surface area is 123 Å². The molecule has 1 aromatic rings. The monoisotopic (exact) mass is 296 g/mol. The van der Waals surface area contributed by atoms with E-state index in [1.165, 1.54) is 19.3 Å². The van der Waals surface area contributed by atoms with Crippen LogP contribution in [0.5, 0.6) is 0 Å². The van der Waals surface area contributed by atoms with Gasteiger partial charge in [-0.3, -0.25) is 10.1 Å². The van der Waals surface area contributed by atoms with Crippen molar-refractivity contribution in [2.75, 3.05) is 0 Å². The van der Waals surface area contributed by atoms with Crippen LogP contribution >= 0.6 is 23.8 Å². The molecule has 1 amide bonds. The molecule has 0 spiro atoms. The SMILES string of the molecule is O=C(NC(=S)NC1CCCCC1)c1cccc(Cl)c1. The lowest BCUT2D eigenvalue weighted by Crippen LogP contribution is -2.44. The normalized spacial score (nSPS) is 15.8. The summed E-state index contributed by atoms with van der Waals surface area (Å²) in [6, 6.07) is 7.21. The van der Waals surface area contributed by atoms with Gasteiger partial charge in [0.25, 0.3) is 5.91 Å². The van der Waals surface area contributed by atoms with Crippen LogP contribution in [0.25, 0.3) is 0 Å². The predicted octanol–water partition coefficient (Wildman–Crippen LogP) is 3.28. The van der Waals surface area contributed by atoms with Gasteiger partial charge in [-0.1, -0.05) is 36.9 Å². The Morgan fingerprint density at radius 3 is 2.68 bits per heavy atom. The minimum atomic E-state index is -0.226. The molecule has 1 aliphatic carbocycles. The third kappa shape index (κ3) is 4.48. The maximum Gasteiger partial charge on any atom is 0.257 e. The van der Waals surface area contributed by atoms with E-state index in [1.807, 2.05) is 0 Å². The highest BCUT2D eigenvalue weighted by molar-refractivity contribution is 7.80. The largest absolute Gasteiger partial charge is 0.360 e. The Balaban J connectivity index is 1.86. The van der Waals surface area contributed by atoms with Crippen LogP contribution in [-0.2, 0) is 0 Å². The van der Waals surface area contributed by atoms with Gasteiger partial charge in [-0.25, -0.2) is 0 Å². The van der Waals surface area contributed by atoms with Gasteiger partial charge in [-0.15, -0.1) is 0 Å². The molecular weight excluding hydrogens is 280 g/mol. The number of carbonyl (C=O) groups excluding carboxylic acids is 1. The first-order valence-electron chi connectivity index (χ1n) is 6.52. The molecule has 1 aromatic carbocycles. The van der Waals surface area contributed by atoms with E-state index in [0.29, 0.717) is 21.7 Å². The minimum Gasteiger partial charge on any atom is -0.360 e. The Kier molecular flexibility index (Phi) is 5.16. The molecular formula is C14H17ClN2OS. The fourth-order valence-electron chi connectivity index (χ4n) is 2.27. The van der Waals surface area contributed by atoms with E-state index >= 15 is 0 Å². The fraction of sp³-hybridized carbons (Fsp3) is 0.429. The molecule has 0 bridgehead atoms. The van der Waals surface area contributed by atoms with Crippen molar-refractivity contribution in [3.8, 4) is 0 Å². The Hall–Kier alpha value is -1.13. The van der Waals surface area contributed by atoms with Gasteiger partial charge in [0.05, 0.1) is 0 Å². The summed E-state index contributed by atoms with van der Waals surface area (Å²) in [5, 5.41) is 6.83. The predicted molar refractivity (Wildman–Crippen MR) is 81.5 cm³/mol. The number of nitrogens with one attached hydrogen (secondary N) is 2. The number of hydrogen-bond donors (Lipinski definition) is 2. The summed E-state index contributed by atoms with van der Waals surface area (Å²) in [6.07, 6.45) is 5.98. The van der Waals surface area contributed by atoms with Crippen LogP contribution in [0.3, 0.4) is 0 Å². The van der Waals surface area contributed by atoms with Gasteiger partial charge in [-0.05, 0) is 43.3 Å². The molecule has 2 N–H and O–H groups in total. The van der Waals surface area contributed by atoms with E-state index in [9.17, 15) is 4.79 Å². The van der Waals surface area contributed by atoms with Crippen LogP contribution in [0, 0.1) is 0 Å². The minimum absolute atomic E-state index is 0.226. The number of halogens is 1. The third-order valence-electron chi connectivity index (χ3n) is 3.25. The summed E-state index contributed by atoms with van der Waals surface area (Å²) in [5.74, 6) is -0.226. The number of thiocarbonyl (C=S) groups is 1. The molecule has 102 valence electrons. The maximum absolute atomic E-state index is 12.0. The number of hydrogen-bond acceptors (Lipinski definition) is 2. The highest BCUT2D eigenvalue weighted by Crippen LogP contribution is 2.17. The van der Waals surface area contributed by atoms with Crippen molar-refractivity contribution in [3.05, 3.63) is 34.9 Å². The van der Waals surface area contributed by atoms with Crippen molar-refractivity contribution in [1.29, 1.82) is 0 Å². The topological polar surface area (TPSA) is 41.1 Å². The molecule has 5 heteroatoms. The van der Waals surface area contributed by atoms with E-state index in [4.69, 9.17) is 23.8 Å². The van der Waals surface area contributed by atoms with E-state index in [0.717, 1.165) is 12.8 Å². The summed E-state index contributed by atoms with van der Waals surface area (Å²) in [6.45, 7) is 0. The zero-order valence-corrected chi connectivity index (χ0v) is 12.2. The van der Waals surface area contributed by atoms with Gasteiger partial charge in [0.15, 0.2) is 5.11 Å². The standard InChI is InChI=1S/C14H17ClN2OS/c15-11-6-4-5-10(9-11)13(18)17-14(19)16-12-7-2-1-3-8-12/h4-6,9,12H,1-3,7-8H2,(H2,16,17,18,19). The first-order chi connectivity index (χ1) is 9.15. The average molecular weight is 297 g/mol. The fourth-order valence-corrected chi connectivity index (χ4v) is 2.72. The maximum atomic E-state index is 12.0. The second-order valence-corrected chi connectivity index (χ2v) is 5.62. The first-order valence-corrected chi connectivity index (χ1v) is 7.31. The van der Waals surface area contributed by atoms with Crippen LogP contribution in [0.1, 0.15) is 42.5 Å². The molecule has 0 saturated heterocycles. The highest BCUT2D eigenvalue weighted by Gasteiger charge is 2.15. The molecule has 1 aliphatic rings. The molecule has 0 unspecified atom stereocenters. The van der Waals surface area contributed by atoms with E-state index in [1.54, 1.807) is 24.3 Å². The van der Waals surface area contributed by atoms with Crippen LogP contribution in [0.15, 0.2) is 24.3 Å². The average Bonchev–Trinajstić information content (AvgIpc) is 2.39. The Bertz CT molecular complexity index is 472. The number of carbonyl (C=O) groups is 1. The summed E-state index contributed by atoms with van der Waals surface area (Å²) in [7, 11) is 0. The number of rotatable bonds is 2. The van der Waals surface area contributed by atoms with Crippen LogP contribution in [0.2, 0.25) is 5.02 Å². The van der Waals surface area contributed by atoms with Crippen molar-refractivity contribution >= 4 is 34.8 Å². The van der Waals surface area contributed by atoms with Crippen LogP contribution in [0.4, 0.5) is 0 Å². The zero-order chi connectivity index (χ0) is 13.7. The second-order valence-electron chi connectivity index (χ2n) is 4.77. The lowest BCUT2D eigenvalue weighted by Gasteiger charge is -2.24. The summed E-state index contributed by atoms with van der Waals surface area (Å²) < 4.78 is 0. The second kappa shape index (κ2) is 6.87. The zero-order valence-electron chi connectivity index (χ0n) is 10.6. The van der Waals surface area contributed by atoms with Gasteiger partial charge in [-0.2, -0.15) is 0 Å². The van der Waals surface area contributed by atoms with Crippen LogP contribution < -0.4 is 10.6 Å². The van der Waals surface area contributed by atoms with Gasteiger partial charge in [0.2, 0.25) is 0 Å². The third-order valence-corrected chi connectivity index (χ3v) is 3.71. The lowest BCUT2D eigenvalue weighted by molar-refractivity contribution is 0.0976. The number of benzene rings is 1. The lowest BCUT2D eigenvalue weighted by atomic mass is 9.96. The first kappa shape index (κ1) is 14.3. The van der Waals surface area contributed by atoms with Crippen molar-refractivity contribution in [2.24, 2.45) is 0 Å². The summed E-state index contributed by atoms with van der Waals surface area (Å²) in [5.41, 5.74) is 0.514. The molecule has 0 aliphatic heterocycles. The molecule has 0 radical (unpaired) electrons. The van der Waals surface area contributed by atoms with E-state index in [-0.39, 0.29) is 5.91 Å². The summed E-state index contributed by atoms with van der Waals surface area (Å²) in [4.78, 5) is 12.0. The van der Waals surface area contributed by atoms with Crippen molar-refractivity contribution in [2.45, 2.75) is 38.1 Å². The Morgan fingerprint density at radius 2 is 2.00 bits per heavy atom. The molecule has 0 aromatic heterocycles. The smallest absolute Gasteiger partial charge is 0.257 e. The van der Waals surface area contributed by atoms with Gasteiger partial charge < -0.3 is 5.32 Å². The van der Waals surface area contributed by atoms with Crippen molar-refractivity contribution in [1.82, 2.24) is 10.6 Å². The Morgan fingerprint density at radius 1 is 1.26 bits per heavy atom. The molecule has 19 heavy (non-hydrogen) atoms. The number of amides is 1. The highest BCUT2D eigenvalue weighted by atomic mass is 35.5. The van der Waals surface area contributed by atoms with Crippen LogP contribution in [-0.4, -0.2) is 17.1 Å². The molecule has 2 rings (SSSR count). The molecule has 0 heterocycles. The van der Waals surface area contributed by atoms with Crippen molar-refractivity contribution in [3.63, 3.8) is 0 Å². The summed E-state index contributed by atoms with van der Waals surface area (Å²) >= 11 is 11.0. The van der Waals surface area contributed by atoms with Gasteiger partial charge in [0.1, 0.15) is 0 Å². The van der Waals surface area contributed by atoms with Crippen molar-refractivity contribution < 1.29 is 4.79 Å². The quantitative estimate of drug-likeness (QED) is 0.823. The molecule has 3 nitrogen and oxygen atoms in total.